The van der Waals surface area contributed by atoms with Crippen LogP contribution in [0.2, 0.25) is 0 Å². The summed E-state index contributed by atoms with van der Waals surface area (Å²) < 4.78 is 2.20. The van der Waals surface area contributed by atoms with Crippen molar-refractivity contribution in [2.24, 2.45) is 0 Å². The predicted octanol–water partition coefficient (Wildman–Crippen LogP) is 5.39. The van der Waals surface area contributed by atoms with Crippen molar-refractivity contribution < 1.29 is 4.92 Å². The molecule has 1 aromatic heterocycles. The Labute approximate surface area is 139 Å². The first-order valence-electron chi connectivity index (χ1n) is 7.95. The lowest BCUT2D eigenvalue weighted by molar-refractivity contribution is -0.384. The van der Waals surface area contributed by atoms with E-state index in [4.69, 9.17) is 0 Å². The fourth-order valence-corrected chi connectivity index (χ4v) is 3.36. The number of aromatic nitrogens is 1. The Balaban J connectivity index is 2.05. The predicted molar refractivity (Wildman–Crippen MR) is 97.2 cm³/mol. The first-order chi connectivity index (χ1) is 11.7. The summed E-state index contributed by atoms with van der Waals surface area (Å²) in [5.41, 5.74) is 4.52. The van der Waals surface area contributed by atoms with Crippen LogP contribution in [0.3, 0.4) is 0 Å². The lowest BCUT2D eigenvalue weighted by atomic mass is 10.0. The molecule has 24 heavy (non-hydrogen) atoms. The molecule has 4 rings (SSSR count). The lowest BCUT2D eigenvalue weighted by Gasteiger charge is -2.04. The SMILES string of the molecule is CCn1c2ccc(-c3ccccc3)cc2c2cc([N+](=O)[O-])ccc21. The number of hydrogen-bond acceptors (Lipinski definition) is 2. The molecule has 1 heterocycles. The maximum atomic E-state index is 11.1. The van der Waals surface area contributed by atoms with E-state index < -0.39 is 0 Å². The second kappa shape index (κ2) is 5.49. The Kier molecular flexibility index (Phi) is 3.31. The molecule has 0 aliphatic heterocycles. The van der Waals surface area contributed by atoms with E-state index in [1.54, 1.807) is 12.1 Å². The van der Waals surface area contributed by atoms with Gasteiger partial charge in [0.05, 0.1) is 4.92 Å². The van der Waals surface area contributed by atoms with Gasteiger partial charge in [0.25, 0.3) is 5.69 Å². The van der Waals surface area contributed by atoms with Crippen molar-refractivity contribution in [3.63, 3.8) is 0 Å². The van der Waals surface area contributed by atoms with Crippen LogP contribution in [-0.4, -0.2) is 9.49 Å². The Morgan fingerprint density at radius 2 is 1.54 bits per heavy atom. The van der Waals surface area contributed by atoms with Gasteiger partial charge in [0.2, 0.25) is 0 Å². The maximum absolute atomic E-state index is 11.1. The van der Waals surface area contributed by atoms with Gasteiger partial charge in [0, 0.05) is 40.5 Å². The first kappa shape index (κ1) is 14.5. The zero-order valence-electron chi connectivity index (χ0n) is 13.3. The van der Waals surface area contributed by atoms with Crippen molar-refractivity contribution in [2.45, 2.75) is 13.5 Å². The zero-order valence-corrected chi connectivity index (χ0v) is 13.3. The third-order valence-corrected chi connectivity index (χ3v) is 4.48. The topological polar surface area (TPSA) is 48.1 Å². The van der Waals surface area contributed by atoms with Gasteiger partial charge in [0.1, 0.15) is 0 Å². The monoisotopic (exact) mass is 316 g/mol. The van der Waals surface area contributed by atoms with Crippen LogP contribution in [0.4, 0.5) is 5.69 Å². The summed E-state index contributed by atoms with van der Waals surface area (Å²) in [5, 5.41) is 13.1. The van der Waals surface area contributed by atoms with E-state index in [1.807, 2.05) is 24.3 Å². The smallest absolute Gasteiger partial charge is 0.270 e. The fraction of sp³-hybridized carbons (Fsp3) is 0.100. The quantitative estimate of drug-likeness (QED) is 0.376. The van der Waals surface area contributed by atoms with Gasteiger partial charge in [-0.1, -0.05) is 36.4 Å². The molecule has 0 aliphatic rings. The largest absolute Gasteiger partial charge is 0.341 e. The van der Waals surface area contributed by atoms with E-state index in [1.165, 1.54) is 0 Å². The second-order valence-electron chi connectivity index (χ2n) is 5.80. The van der Waals surface area contributed by atoms with E-state index >= 15 is 0 Å². The van der Waals surface area contributed by atoms with Gasteiger partial charge in [0.15, 0.2) is 0 Å². The van der Waals surface area contributed by atoms with E-state index in [2.05, 4.69) is 41.8 Å². The summed E-state index contributed by atoms with van der Waals surface area (Å²) in [4.78, 5) is 10.8. The summed E-state index contributed by atoms with van der Waals surface area (Å²) in [6.45, 7) is 2.91. The van der Waals surface area contributed by atoms with Crippen LogP contribution in [0.5, 0.6) is 0 Å². The van der Waals surface area contributed by atoms with Crippen LogP contribution in [0.1, 0.15) is 6.92 Å². The molecule has 4 nitrogen and oxygen atoms in total. The summed E-state index contributed by atoms with van der Waals surface area (Å²) in [6, 6.07) is 21.6. The molecule has 4 aromatic rings. The minimum atomic E-state index is -0.338. The minimum absolute atomic E-state index is 0.128. The lowest BCUT2D eigenvalue weighted by Crippen LogP contribution is -1.93. The molecule has 0 spiro atoms. The van der Waals surface area contributed by atoms with Crippen molar-refractivity contribution in [1.82, 2.24) is 4.57 Å². The normalized spacial score (nSPS) is 11.2. The van der Waals surface area contributed by atoms with Gasteiger partial charge in [-0.05, 0) is 36.2 Å². The summed E-state index contributed by atoms with van der Waals surface area (Å²) in [5.74, 6) is 0. The van der Waals surface area contributed by atoms with Gasteiger partial charge in [-0.25, -0.2) is 0 Å². The Bertz CT molecular complexity index is 1070. The number of non-ortho nitro benzene ring substituents is 1. The molecule has 4 heteroatoms. The average Bonchev–Trinajstić information content (AvgIpc) is 2.94. The molecule has 0 amide bonds. The molecule has 0 aliphatic carbocycles. The van der Waals surface area contributed by atoms with Crippen molar-refractivity contribution in [3.05, 3.63) is 76.8 Å². The van der Waals surface area contributed by atoms with E-state index in [0.29, 0.717) is 0 Å². The maximum Gasteiger partial charge on any atom is 0.270 e. The first-order valence-corrected chi connectivity index (χ1v) is 7.95. The summed E-state index contributed by atoms with van der Waals surface area (Å²) in [6.07, 6.45) is 0. The highest BCUT2D eigenvalue weighted by molar-refractivity contribution is 6.10. The number of nitrogens with zero attached hydrogens (tertiary/aromatic N) is 2. The second-order valence-corrected chi connectivity index (χ2v) is 5.80. The minimum Gasteiger partial charge on any atom is -0.341 e. The number of benzene rings is 3. The molecule has 118 valence electrons. The highest BCUT2D eigenvalue weighted by Gasteiger charge is 2.14. The number of fused-ring (bicyclic) bond motifs is 3. The summed E-state index contributed by atoms with van der Waals surface area (Å²) in [7, 11) is 0. The van der Waals surface area contributed by atoms with Crippen molar-refractivity contribution in [3.8, 4) is 11.1 Å². The van der Waals surface area contributed by atoms with Gasteiger partial charge in [-0.2, -0.15) is 0 Å². The van der Waals surface area contributed by atoms with E-state index in [0.717, 1.165) is 39.5 Å². The van der Waals surface area contributed by atoms with Crippen molar-refractivity contribution in [2.75, 3.05) is 0 Å². The zero-order chi connectivity index (χ0) is 16.7. The molecule has 3 aromatic carbocycles. The van der Waals surface area contributed by atoms with Crippen molar-refractivity contribution >= 4 is 27.5 Å². The van der Waals surface area contributed by atoms with Gasteiger partial charge in [-0.3, -0.25) is 10.1 Å². The highest BCUT2D eigenvalue weighted by Crippen LogP contribution is 2.34. The van der Waals surface area contributed by atoms with Crippen LogP contribution in [0, 0.1) is 10.1 Å². The van der Waals surface area contributed by atoms with E-state index in [9.17, 15) is 10.1 Å². The Morgan fingerprint density at radius 1 is 0.875 bits per heavy atom. The van der Waals surface area contributed by atoms with Crippen molar-refractivity contribution in [1.29, 1.82) is 0 Å². The van der Waals surface area contributed by atoms with Crippen LogP contribution in [0.25, 0.3) is 32.9 Å². The molecule has 0 radical (unpaired) electrons. The Hall–Kier alpha value is -3.14. The van der Waals surface area contributed by atoms with Crippen LogP contribution in [0.15, 0.2) is 66.7 Å². The van der Waals surface area contributed by atoms with Gasteiger partial charge < -0.3 is 4.57 Å². The molecular weight excluding hydrogens is 300 g/mol. The molecule has 0 fully saturated rings. The molecule has 0 saturated carbocycles. The molecule has 0 N–H and O–H groups in total. The number of hydrogen-bond donors (Lipinski definition) is 0. The molecule has 0 unspecified atom stereocenters. The molecule has 0 saturated heterocycles. The third kappa shape index (κ3) is 2.15. The van der Waals surface area contributed by atoms with Crippen LogP contribution in [-0.2, 0) is 6.54 Å². The van der Waals surface area contributed by atoms with Gasteiger partial charge in [-0.15, -0.1) is 0 Å². The standard InChI is InChI=1S/C20H16N2O2/c1-2-21-19-10-8-15(14-6-4-3-5-7-14)12-17(19)18-13-16(22(23)24)9-11-20(18)21/h3-13H,2H2,1H3. The number of rotatable bonds is 3. The molecule has 0 bridgehead atoms. The highest BCUT2D eigenvalue weighted by atomic mass is 16.6. The van der Waals surface area contributed by atoms with Gasteiger partial charge >= 0.3 is 0 Å². The van der Waals surface area contributed by atoms with Crippen LogP contribution >= 0.6 is 0 Å². The third-order valence-electron chi connectivity index (χ3n) is 4.48. The summed E-state index contributed by atoms with van der Waals surface area (Å²) >= 11 is 0. The number of aryl methyl sites for hydroxylation is 1. The molecule has 0 atom stereocenters. The Morgan fingerprint density at radius 3 is 2.21 bits per heavy atom. The molecular formula is C20H16N2O2. The average molecular weight is 316 g/mol. The fourth-order valence-electron chi connectivity index (χ4n) is 3.36. The number of nitro groups is 1. The van der Waals surface area contributed by atoms with E-state index in [-0.39, 0.29) is 10.6 Å². The number of nitro benzene ring substituents is 1. The van der Waals surface area contributed by atoms with Crippen LogP contribution < -0.4 is 0 Å².